The third-order valence-corrected chi connectivity index (χ3v) is 5.91. The fraction of sp³-hybridized carbons (Fsp3) is 1.00. The van der Waals surface area contributed by atoms with Crippen molar-refractivity contribution in [1.82, 2.24) is 9.62 Å². The molecule has 0 amide bonds. The fourth-order valence-electron chi connectivity index (χ4n) is 2.86. The van der Waals surface area contributed by atoms with E-state index in [1.54, 1.807) is 4.31 Å². The molecule has 1 aliphatic carbocycles. The van der Waals surface area contributed by atoms with Gasteiger partial charge >= 0.3 is 0 Å². The minimum absolute atomic E-state index is 0. The van der Waals surface area contributed by atoms with E-state index in [0.29, 0.717) is 24.8 Å². The van der Waals surface area contributed by atoms with Crippen LogP contribution in [0.15, 0.2) is 0 Å². The Morgan fingerprint density at radius 3 is 2.44 bits per heavy atom. The highest BCUT2D eigenvalue weighted by Crippen LogP contribution is 2.25. The summed E-state index contributed by atoms with van der Waals surface area (Å²) < 4.78 is 26.3. The highest BCUT2D eigenvalue weighted by Gasteiger charge is 2.27. The third kappa shape index (κ3) is 4.68. The fourth-order valence-corrected chi connectivity index (χ4v) is 4.77. The molecule has 108 valence electrons. The Labute approximate surface area is 117 Å². The SMILES string of the molecule is Cl.O=S(=O)(CC1CCCCC1)N1CCCNCC1. The summed E-state index contributed by atoms with van der Waals surface area (Å²) in [4.78, 5) is 0. The van der Waals surface area contributed by atoms with Crippen molar-refractivity contribution in [2.75, 3.05) is 31.9 Å². The van der Waals surface area contributed by atoms with Gasteiger partial charge in [0.15, 0.2) is 0 Å². The summed E-state index contributed by atoms with van der Waals surface area (Å²) in [6.07, 6.45) is 6.84. The first-order valence-corrected chi connectivity index (χ1v) is 8.48. The van der Waals surface area contributed by atoms with Crippen LogP contribution in [0.1, 0.15) is 38.5 Å². The summed E-state index contributed by atoms with van der Waals surface area (Å²) in [6.45, 7) is 3.08. The molecule has 0 radical (unpaired) electrons. The van der Waals surface area contributed by atoms with Crippen molar-refractivity contribution in [2.24, 2.45) is 5.92 Å². The van der Waals surface area contributed by atoms with Gasteiger partial charge in [-0.1, -0.05) is 19.3 Å². The molecule has 0 aromatic heterocycles. The molecule has 2 fully saturated rings. The molecule has 0 aromatic rings. The van der Waals surface area contributed by atoms with Gasteiger partial charge in [-0.25, -0.2) is 12.7 Å². The third-order valence-electron chi connectivity index (χ3n) is 3.86. The number of hydrogen-bond acceptors (Lipinski definition) is 3. The lowest BCUT2D eigenvalue weighted by molar-refractivity contribution is 0.369. The molecule has 18 heavy (non-hydrogen) atoms. The van der Waals surface area contributed by atoms with Gasteiger partial charge in [-0.05, 0) is 31.7 Å². The van der Waals surface area contributed by atoms with Crippen molar-refractivity contribution < 1.29 is 8.42 Å². The zero-order valence-corrected chi connectivity index (χ0v) is 12.6. The van der Waals surface area contributed by atoms with E-state index in [-0.39, 0.29) is 12.4 Å². The Balaban J connectivity index is 0.00000162. The average Bonchev–Trinajstić information content (AvgIpc) is 2.58. The molecule has 1 saturated heterocycles. The van der Waals surface area contributed by atoms with Gasteiger partial charge < -0.3 is 5.32 Å². The molecule has 1 N–H and O–H groups in total. The Hall–Kier alpha value is 0.160. The molecule has 2 aliphatic rings. The second-order valence-corrected chi connectivity index (χ2v) is 7.30. The van der Waals surface area contributed by atoms with Gasteiger partial charge in [0.25, 0.3) is 0 Å². The first-order valence-electron chi connectivity index (χ1n) is 6.87. The zero-order chi connectivity index (χ0) is 12.1. The van der Waals surface area contributed by atoms with Crippen molar-refractivity contribution in [3.05, 3.63) is 0 Å². The van der Waals surface area contributed by atoms with Crippen LogP contribution >= 0.6 is 12.4 Å². The monoisotopic (exact) mass is 296 g/mol. The molecule has 1 saturated carbocycles. The van der Waals surface area contributed by atoms with E-state index in [1.165, 1.54) is 19.3 Å². The van der Waals surface area contributed by atoms with E-state index in [9.17, 15) is 8.42 Å². The lowest BCUT2D eigenvalue weighted by Gasteiger charge is -2.25. The van der Waals surface area contributed by atoms with Crippen LogP contribution < -0.4 is 5.32 Å². The second-order valence-electron chi connectivity index (χ2n) is 5.29. The molecular weight excluding hydrogens is 272 g/mol. The van der Waals surface area contributed by atoms with Gasteiger partial charge in [-0.2, -0.15) is 0 Å². The molecule has 0 bridgehead atoms. The van der Waals surface area contributed by atoms with Crippen molar-refractivity contribution in [3.63, 3.8) is 0 Å². The van der Waals surface area contributed by atoms with Crippen LogP contribution in [-0.2, 0) is 10.0 Å². The van der Waals surface area contributed by atoms with Crippen LogP contribution in [0.3, 0.4) is 0 Å². The smallest absolute Gasteiger partial charge is 0.214 e. The predicted octanol–water partition coefficient (Wildman–Crippen LogP) is 1.61. The van der Waals surface area contributed by atoms with Gasteiger partial charge in [-0.15, -0.1) is 12.4 Å². The van der Waals surface area contributed by atoms with E-state index in [1.807, 2.05) is 0 Å². The predicted molar refractivity (Wildman–Crippen MR) is 76.7 cm³/mol. The van der Waals surface area contributed by atoms with Crippen molar-refractivity contribution in [2.45, 2.75) is 38.5 Å². The maximum Gasteiger partial charge on any atom is 0.214 e. The molecule has 0 atom stereocenters. The van der Waals surface area contributed by atoms with Crippen LogP contribution in [-0.4, -0.2) is 44.7 Å². The van der Waals surface area contributed by atoms with Crippen molar-refractivity contribution >= 4 is 22.4 Å². The van der Waals surface area contributed by atoms with Gasteiger partial charge in [0.2, 0.25) is 10.0 Å². The molecule has 2 rings (SSSR count). The summed E-state index contributed by atoms with van der Waals surface area (Å²) >= 11 is 0. The minimum Gasteiger partial charge on any atom is -0.315 e. The Morgan fingerprint density at radius 2 is 1.72 bits per heavy atom. The molecule has 0 spiro atoms. The number of nitrogens with one attached hydrogen (secondary N) is 1. The summed E-state index contributed by atoms with van der Waals surface area (Å²) in [5.74, 6) is 0.789. The Morgan fingerprint density at radius 1 is 1.00 bits per heavy atom. The molecule has 1 heterocycles. The van der Waals surface area contributed by atoms with Crippen molar-refractivity contribution in [3.8, 4) is 0 Å². The van der Waals surface area contributed by atoms with Crippen LogP contribution in [0.25, 0.3) is 0 Å². The molecule has 4 nitrogen and oxygen atoms in total. The van der Waals surface area contributed by atoms with E-state index in [0.717, 1.165) is 32.4 Å². The number of nitrogens with zero attached hydrogens (tertiary/aromatic N) is 1. The lowest BCUT2D eigenvalue weighted by Crippen LogP contribution is -2.38. The van der Waals surface area contributed by atoms with Crippen LogP contribution in [0.4, 0.5) is 0 Å². The Bertz CT molecular complexity index is 321. The van der Waals surface area contributed by atoms with Gasteiger partial charge in [0.1, 0.15) is 0 Å². The standard InChI is InChI=1S/C12H24N2O2S.ClH/c15-17(16,11-12-5-2-1-3-6-12)14-9-4-7-13-8-10-14;/h12-13H,1-11H2;1H. The largest absolute Gasteiger partial charge is 0.315 e. The quantitative estimate of drug-likeness (QED) is 0.861. The van der Waals surface area contributed by atoms with Gasteiger partial charge in [0.05, 0.1) is 5.75 Å². The summed E-state index contributed by atoms with van der Waals surface area (Å²) in [7, 11) is -3.01. The number of halogens is 1. The van der Waals surface area contributed by atoms with Crippen molar-refractivity contribution in [1.29, 1.82) is 0 Å². The average molecular weight is 297 g/mol. The number of hydrogen-bond donors (Lipinski definition) is 1. The Kier molecular flexibility index (Phi) is 6.92. The molecule has 1 aliphatic heterocycles. The van der Waals surface area contributed by atoms with Crippen LogP contribution in [0.2, 0.25) is 0 Å². The summed E-state index contributed by atoms with van der Waals surface area (Å²) in [5.41, 5.74) is 0. The maximum absolute atomic E-state index is 12.3. The van der Waals surface area contributed by atoms with Crippen LogP contribution in [0, 0.1) is 5.92 Å². The normalized spacial score (nSPS) is 24.2. The van der Waals surface area contributed by atoms with E-state index in [2.05, 4.69) is 5.32 Å². The minimum atomic E-state index is -3.01. The first kappa shape index (κ1) is 16.2. The van der Waals surface area contributed by atoms with Gasteiger partial charge in [0, 0.05) is 19.6 Å². The molecular formula is C12H25ClN2O2S. The zero-order valence-electron chi connectivity index (χ0n) is 10.9. The van der Waals surface area contributed by atoms with E-state index in [4.69, 9.17) is 0 Å². The summed E-state index contributed by atoms with van der Waals surface area (Å²) in [6, 6.07) is 0. The highest BCUT2D eigenvalue weighted by atomic mass is 35.5. The molecule has 0 aromatic carbocycles. The second kappa shape index (κ2) is 7.68. The maximum atomic E-state index is 12.3. The topological polar surface area (TPSA) is 49.4 Å². The molecule has 0 unspecified atom stereocenters. The lowest BCUT2D eigenvalue weighted by atomic mass is 9.91. The molecule has 6 heteroatoms. The number of sulfonamides is 1. The summed E-state index contributed by atoms with van der Waals surface area (Å²) in [5, 5.41) is 3.25. The van der Waals surface area contributed by atoms with E-state index < -0.39 is 10.0 Å². The van der Waals surface area contributed by atoms with Crippen LogP contribution in [0.5, 0.6) is 0 Å². The number of rotatable bonds is 3. The van der Waals surface area contributed by atoms with E-state index >= 15 is 0 Å². The highest BCUT2D eigenvalue weighted by molar-refractivity contribution is 7.89. The first-order chi connectivity index (χ1) is 8.18. The van der Waals surface area contributed by atoms with Gasteiger partial charge in [-0.3, -0.25) is 0 Å².